The van der Waals surface area contributed by atoms with Crippen LogP contribution >= 0.6 is 0 Å². The van der Waals surface area contributed by atoms with Crippen LogP contribution in [0.25, 0.3) is 6.08 Å². The summed E-state index contributed by atoms with van der Waals surface area (Å²) in [4.78, 5) is 55.2. The second kappa shape index (κ2) is 21.9. The van der Waals surface area contributed by atoms with Crippen LogP contribution in [0, 0.1) is 5.92 Å². The van der Waals surface area contributed by atoms with Crippen molar-refractivity contribution in [1.29, 1.82) is 0 Å². The van der Waals surface area contributed by atoms with Gasteiger partial charge in [-0.05, 0) is 62.4 Å². The Balaban J connectivity index is 0.000000545. The molecule has 1 aliphatic heterocycles. The van der Waals surface area contributed by atoms with Crippen molar-refractivity contribution in [3.8, 4) is 11.5 Å². The number of carbonyl (C=O) groups excluding carboxylic acids is 1. The summed E-state index contributed by atoms with van der Waals surface area (Å²) in [5, 5.41) is 34.4. The molecule has 14 nitrogen and oxygen atoms in total. The number of hydrogen-bond acceptors (Lipinski definition) is 9. The third kappa shape index (κ3) is 18.9. The van der Waals surface area contributed by atoms with Gasteiger partial charge in [-0.25, -0.2) is 19.2 Å². The van der Waals surface area contributed by atoms with E-state index in [0.717, 1.165) is 62.8 Å². The average Bonchev–Trinajstić information content (AvgIpc) is 3.01. The lowest BCUT2D eigenvalue weighted by atomic mass is 9.87. The maximum absolute atomic E-state index is 12.2. The Morgan fingerprint density at radius 1 is 0.804 bits per heavy atom. The first-order valence-corrected chi connectivity index (χ1v) is 14.8. The normalized spacial score (nSPS) is 18.6. The summed E-state index contributed by atoms with van der Waals surface area (Å²) in [5.41, 5.74) is 0.922. The van der Waals surface area contributed by atoms with Gasteiger partial charge < -0.3 is 40.1 Å². The van der Waals surface area contributed by atoms with Gasteiger partial charge in [0.1, 0.15) is 6.61 Å². The van der Waals surface area contributed by atoms with Gasteiger partial charge in [0.05, 0.1) is 7.11 Å². The molecule has 1 saturated heterocycles. The Kier molecular flexibility index (Phi) is 18.7. The highest BCUT2D eigenvalue weighted by atomic mass is 16.5. The van der Waals surface area contributed by atoms with E-state index in [1.54, 1.807) is 13.2 Å². The molecular weight excluding hydrogens is 602 g/mol. The number of carboxylic acids is 4. The first-order chi connectivity index (χ1) is 21.8. The zero-order valence-corrected chi connectivity index (χ0v) is 26.5. The van der Waals surface area contributed by atoms with Crippen LogP contribution in [0.4, 0.5) is 0 Å². The van der Waals surface area contributed by atoms with Crippen LogP contribution < -0.4 is 14.8 Å². The van der Waals surface area contributed by atoms with Crippen molar-refractivity contribution in [1.82, 2.24) is 15.1 Å². The summed E-state index contributed by atoms with van der Waals surface area (Å²) in [7, 11) is 3.81. The number of amides is 1. The fourth-order valence-corrected chi connectivity index (χ4v) is 4.37. The summed E-state index contributed by atoms with van der Waals surface area (Å²) in [6.07, 6.45) is 10.2. The van der Waals surface area contributed by atoms with E-state index >= 15 is 0 Å². The summed E-state index contributed by atoms with van der Waals surface area (Å²) in [6.45, 7) is 8.22. The second-order valence-corrected chi connectivity index (χ2v) is 10.7. The van der Waals surface area contributed by atoms with Gasteiger partial charge in [0.15, 0.2) is 11.5 Å². The molecule has 1 aromatic rings. The minimum Gasteiger partial charge on any atom is -0.493 e. The Bertz CT molecular complexity index is 1160. The van der Waals surface area contributed by atoms with E-state index in [9.17, 15) is 24.0 Å². The van der Waals surface area contributed by atoms with Gasteiger partial charge in [-0.3, -0.25) is 9.69 Å². The molecule has 0 bridgehead atoms. The molecule has 46 heavy (non-hydrogen) atoms. The van der Waals surface area contributed by atoms with E-state index in [4.69, 9.17) is 29.9 Å². The Hall–Kier alpha value is -4.69. The molecule has 3 rings (SSSR count). The van der Waals surface area contributed by atoms with Crippen molar-refractivity contribution >= 4 is 35.9 Å². The number of ether oxygens (including phenoxy) is 2. The summed E-state index contributed by atoms with van der Waals surface area (Å²) < 4.78 is 11.5. The smallest absolute Gasteiger partial charge is 0.328 e. The second-order valence-electron chi connectivity index (χ2n) is 10.7. The van der Waals surface area contributed by atoms with E-state index in [0.29, 0.717) is 42.7 Å². The average molecular weight is 648 g/mol. The van der Waals surface area contributed by atoms with Gasteiger partial charge in [0.25, 0.3) is 0 Å². The number of rotatable bonds is 12. The number of likely N-dealkylation sites (N-methyl/N-ethyl adjacent to an activating group) is 1. The number of methoxy groups -OCH3 is 1. The molecule has 0 unspecified atom stereocenters. The standard InChI is InChI=1S/C24H37N3O3.2C4H4O4/c1-19-4-8-21(9-5-19)25-24(28)11-7-20-6-10-22(23(18-20)29-3)30-17-16-27-14-12-26(2)13-15-27;2*5-3(6)1-2-4(7)8/h6-7,10-11,18-19,21H,4-5,8-9,12-17H2,1-3H3,(H,25,28);2*1-2H,(H,5,6)(H,7,8)/b11-7+;2*2-1+. The van der Waals surface area contributed by atoms with Crippen molar-refractivity contribution < 1.29 is 53.9 Å². The lowest BCUT2D eigenvalue weighted by molar-refractivity contribution is -0.134. The molecule has 1 amide bonds. The van der Waals surface area contributed by atoms with Crippen molar-refractivity contribution in [2.45, 2.75) is 38.6 Å². The molecular formula is C32H45N3O11. The van der Waals surface area contributed by atoms with E-state index in [2.05, 4.69) is 29.1 Å². The van der Waals surface area contributed by atoms with Gasteiger partial charge in [-0.1, -0.05) is 13.0 Å². The van der Waals surface area contributed by atoms with Crippen LogP contribution in [0.2, 0.25) is 0 Å². The molecule has 0 aromatic heterocycles. The molecule has 1 heterocycles. The quantitative estimate of drug-likeness (QED) is 0.207. The van der Waals surface area contributed by atoms with Crippen LogP contribution in [0.3, 0.4) is 0 Å². The molecule has 254 valence electrons. The Morgan fingerprint density at radius 2 is 1.33 bits per heavy atom. The van der Waals surface area contributed by atoms with Gasteiger partial charge in [0, 0.05) is 69.1 Å². The number of carboxylic acid groups (broad SMARTS) is 4. The summed E-state index contributed by atoms with van der Waals surface area (Å²) in [5.74, 6) is -2.84. The summed E-state index contributed by atoms with van der Waals surface area (Å²) in [6, 6.07) is 6.10. The fourth-order valence-electron chi connectivity index (χ4n) is 4.37. The van der Waals surface area contributed by atoms with Crippen LogP contribution in [-0.4, -0.2) is 120 Å². The van der Waals surface area contributed by atoms with E-state index in [-0.39, 0.29) is 5.91 Å². The number of nitrogens with one attached hydrogen (secondary N) is 1. The highest BCUT2D eigenvalue weighted by Crippen LogP contribution is 2.28. The van der Waals surface area contributed by atoms with Gasteiger partial charge in [0.2, 0.25) is 5.91 Å². The first-order valence-electron chi connectivity index (χ1n) is 14.8. The number of aliphatic carboxylic acids is 4. The molecule has 0 spiro atoms. The van der Waals surface area contributed by atoms with E-state index in [1.807, 2.05) is 24.3 Å². The topological polar surface area (TPSA) is 203 Å². The van der Waals surface area contributed by atoms with Crippen molar-refractivity contribution in [2.24, 2.45) is 5.92 Å². The van der Waals surface area contributed by atoms with E-state index < -0.39 is 23.9 Å². The van der Waals surface area contributed by atoms with Crippen molar-refractivity contribution in [3.63, 3.8) is 0 Å². The van der Waals surface area contributed by atoms with E-state index in [1.165, 1.54) is 12.8 Å². The third-order valence-electron chi connectivity index (χ3n) is 6.98. The van der Waals surface area contributed by atoms with Gasteiger partial charge in [-0.15, -0.1) is 0 Å². The van der Waals surface area contributed by atoms with Crippen LogP contribution in [-0.2, 0) is 24.0 Å². The van der Waals surface area contributed by atoms with Gasteiger partial charge >= 0.3 is 23.9 Å². The molecule has 1 saturated carbocycles. The molecule has 5 N–H and O–H groups in total. The largest absolute Gasteiger partial charge is 0.493 e. The maximum Gasteiger partial charge on any atom is 0.328 e. The number of piperazine rings is 1. The lowest BCUT2D eigenvalue weighted by Gasteiger charge is -2.32. The zero-order valence-electron chi connectivity index (χ0n) is 26.5. The minimum absolute atomic E-state index is 0.0268. The zero-order chi connectivity index (χ0) is 34.5. The number of benzene rings is 1. The minimum atomic E-state index is -1.26. The number of carbonyl (C=O) groups is 5. The first kappa shape index (κ1) is 39.3. The predicted molar refractivity (Wildman–Crippen MR) is 170 cm³/mol. The molecule has 14 heteroatoms. The molecule has 1 aliphatic carbocycles. The number of hydrogen-bond donors (Lipinski definition) is 5. The molecule has 1 aromatic carbocycles. The molecule has 0 radical (unpaired) electrons. The van der Waals surface area contributed by atoms with Crippen LogP contribution in [0.1, 0.15) is 38.2 Å². The number of nitrogens with zero attached hydrogens (tertiary/aromatic N) is 2. The SMILES string of the molecule is COc1cc(/C=C/C(=O)NC2CCC(C)CC2)ccc1OCCN1CCN(C)CC1.O=C(O)/C=C/C(=O)O.O=C(O)/C=C/C(=O)O. The van der Waals surface area contributed by atoms with Crippen molar-refractivity contribution in [2.75, 3.05) is 53.5 Å². The van der Waals surface area contributed by atoms with Crippen molar-refractivity contribution in [3.05, 3.63) is 54.1 Å². The molecule has 0 atom stereocenters. The van der Waals surface area contributed by atoms with Crippen LogP contribution in [0.15, 0.2) is 48.6 Å². The Morgan fingerprint density at radius 3 is 1.80 bits per heavy atom. The van der Waals surface area contributed by atoms with Crippen LogP contribution in [0.5, 0.6) is 11.5 Å². The maximum atomic E-state index is 12.2. The summed E-state index contributed by atoms with van der Waals surface area (Å²) >= 11 is 0. The molecule has 2 fully saturated rings. The third-order valence-corrected chi connectivity index (χ3v) is 6.98. The highest BCUT2D eigenvalue weighted by molar-refractivity contribution is 5.92. The lowest BCUT2D eigenvalue weighted by Crippen LogP contribution is -2.45. The van der Waals surface area contributed by atoms with Gasteiger partial charge in [-0.2, -0.15) is 0 Å². The fraction of sp³-hybridized carbons (Fsp3) is 0.469. The monoisotopic (exact) mass is 647 g/mol. The Labute approximate surface area is 268 Å². The highest BCUT2D eigenvalue weighted by Gasteiger charge is 2.19. The predicted octanol–water partition coefficient (Wildman–Crippen LogP) is 2.45. The molecule has 2 aliphatic rings.